The summed E-state index contributed by atoms with van der Waals surface area (Å²) in [6, 6.07) is 15.5. The van der Waals surface area contributed by atoms with Crippen molar-refractivity contribution in [2.24, 2.45) is 0 Å². The number of halogens is 1. The normalized spacial score (nSPS) is 10.9. The van der Waals surface area contributed by atoms with Crippen LogP contribution in [0.2, 0.25) is 0 Å². The second kappa shape index (κ2) is 8.79. The minimum atomic E-state index is -0.616. The Bertz CT molecular complexity index is 1620. The first-order valence-corrected chi connectivity index (χ1v) is 10.7. The minimum absolute atomic E-state index is 0.140. The van der Waals surface area contributed by atoms with Crippen molar-refractivity contribution in [1.82, 2.24) is 14.5 Å². The van der Waals surface area contributed by atoms with E-state index in [-0.39, 0.29) is 11.3 Å². The molecule has 5 aromatic rings. The summed E-state index contributed by atoms with van der Waals surface area (Å²) >= 11 is 0. The number of amides is 1. The van der Waals surface area contributed by atoms with Crippen molar-refractivity contribution in [3.63, 3.8) is 0 Å². The predicted octanol–water partition coefficient (Wildman–Crippen LogP) is 4.79. The van der Waals surface area contributed by atoms with E-state index < -0.39 is 17.3 Å². The highest BCUT2D eigenvalue weighted by molar-refractivity contribution is 6.04. The van der Waals surface area contributed by atoms with E-state index in [1.54, 1.807) is 36.7 Å². The van der Waals surface area contributed by atoms with E-state index in [2.05, 4.69) is 15.3 Å². The molecule has 5 rings (SSSR count). The number of fused-ring (bicyclic) bond motifs is 1. The summed E-state index contributed by atoms with van der Waals surface area (Å²) in [7, 11) is 0. The Hall–Kier alpha value is -4.92. The van der Waals surface area contributed by atoms with Crippen LogP contribution in [0.4, 0.5) is 15.8 Å². The molecule has 0 fully saturated rings. The third-order valence-corrected chi connectivity index (χ3v) is 5.46. The number of hydrogen-bond donors (Lipinski definition) is 3. The molecule has 0 radical (unpaired) electrons. The van der Waals surface area contributed by atoms with Crippen LogP contribution >= 0.6 is 0 Å². The van der Waals surface area contributed by atoms with Crippen LogP contribution < -0.4 is 21.3 Å². The number of nitrogens with one attached hydrogen (secondary N) is 2. The van der Waals surface area contributed by atoms with E-state index in [4.69, 9.17) is 10.5 Å². The molecular formula is C26H20FN5O3. The van der Waals surface area contributed by atoms with Crippen LogP contribution in [0.15, 0.2) is 84.0 Å². The van der Waals surface area contributed by atoms with Gasteiger partial charge < -0.3 is 20.8 Å². The van der Waals surface area contributed by atoms with Gasteiger partial charge >= 0.3 is 0 Å². The fourth-order valence-corrected chi connectivity index (χ4v) is 3.74. The van der Waals surface area contributed by atoms with Crippen LogP contribution in [0.5, 0.6) is 11.5 Å². The van der Waals surface area contributed by atoms with Gasteiger partial charge in [-0.1, -0.05) is 0 Å². The van der Waals surface area contributed by atoms with Gasteiger partial charge in [0.2, 0.25) is 0 Å². The monoisotopic (exact) mass is 469 g/mol. The van der Waals surface area contributed by atoms with Gasteiger partial charge in [0.05, 0.1) is 5.39 Å². The number of anilines is 2. The van der Waals surface area contributed by atoms with Crippen LogP contribution in [0.3, 0.4) is 0 Å². The predicted molar refractivity (Wildman–Crippen MR) is 132 cm³/mol. The molecule has 9 heteroatoms. The Morgan fingerprint density at radius 2 is 1.89 bits per heavy atom. The van der Waals surface area contributed by atoms with Crippen molar-refractivity contribution >= 4 is 28.3 Å². The molecule has 0 atom stereocenters. The lowest BCUT2D eigenvalue weighted by Gasteiger charge is -2.13. The fraction of sp³-hybridized carbons (Fsp3) is 0.0385. The van der Waals surface area contributed by atoms with Gasteiger partial charge in [0.15, 0.2) is 0 Å². The molecule has 0 bridgehead atoms. The molecule has 4 N–H and O–H groups in total. The van der Waals surface area contributed by atoms with E-state index >= 15 is 0 Å². The highest BCUT2D eigenvalue weighted by atomic mass is 19.1. The zero-order valence-electron chi connectivity index (χ0n) is 18.6. The first kappa shape index (κ1) is 21.9. The third kappa shape index (κ3) is 4.34. The van der Waals surface area contributed by atoms with Crippen molar-refractivity contribution in [3.8, 4) is 17.2 Å². The molecule has 0 spiro atoms. The molecule has 0 aliphatic carbocycles. The Kier molecular flexibility index (Phi) is 5.50. The Morgan fingerprint density at radius 1 is 1.09 bits per heavy atom. The quantitative estimate of drug-likeness (QED) is 0.342. The molecule has 8 nitrogen and oxygen atoms in total. The summed E-state index contributed by atoms with van der Waals surface area (Å²) in [6.07, 6.45) is 4.84. The molecule has 0 saturated heterocycles. The Balaban J connectivity index is 1.39. The van der Waals surface area contributed by atoms with Crippen LogP contribution in [-0.4, -0.2) is 20.4 Å². The zero-order chi connectivity index (χ0) is 24.5. The number of aromatic amines is 1. The molecule has 1 amide bonds. The SMILES string of the molecule is Cc1cc(NC(=O)c2cc(N)cn(-c3ccc(F)cc3)c2=O)ccc1Oc1ccnc2[nH]ccc12. The van der Waals surface area contributed by atoms with Gasteiger partial charge in [-0.05, 0) is 73.2 Å². The van der Waals surface area contributed by atoms with Crippen molar-refractivity contribution in [2.45, 2.75) is 6.92 Å². The summed E-state index contributed by atoms with van der Waals surface area (Å²) in [5, 5.41) is 3.58. The lowest BCUT2D eigenvalue weighted by atomic mass is 10.1. The fourth-order valence-electron chi connectivity index (χ4n) is 3.74. The maximum Gasteiger partial charge on any atom is 0.268 e. The van der Waals surface area contributed by atoms with Crippen LogP contribution in [0.1, 0.15) is 15.9 Å². The smallest absolute Gasteiger partial charge is 0.268 e. The molecule has 0 aliphatic heterocycles. The molecular weight excluding hydrogens is 449 g/mol. The molecule has 0 saturated carbocycles. The highest BCUT2D eigenvalue weighted by Gasteiger charge is 2.16. The van der Waals surface area contributed by atoms with Gasteiger partial charge in [-0.2, -0.15) is 0 Å². The summed E-state index contributed by atoms with van der Waals surface area (Å²) in [5.41, 5.74) is 7.81. The minimum Gasteiger partial charge on any atom is -0.456 e. The first-order valence-electron chi connectivity index (χ1n) is 10.7. The third-order valence-electron chi connectivity index (χ3n) is 5.46. The molecule has 3 heterocycles. The highest BCUT2D eigenvalue weighted by Crippen LogP contribution is 2.31. The van der Waals surface area contributed by atoms with Crippen molar-refractivity contribution in [3.05, 3.63) is 107 Å². The average Bonchev–Trinajstić information content (AvgIpc) is 3.32. The number of pyridine rings is 2. The number of benzene rings is 2. The van der Waals surface area contributed by atoms with Crippen LogP contribution in [0, 0.1) is 12.7 Å². The van der Waals surface area contributed by atoms with Crippen LogP contribution in [-0.2, 0) is 0 Å². The summed E-state index contributed by atoms with van der Waals surface area (Å²) in [4.78, 5) is 33.2. The lowest BCUT2D eigenvalue weighted by Crippen LogP contribution is -2.28. The van der Waals surface area contributed by atoms with Crippen LogP contribution in [0.25, 0.3) is 16.7 Å². The number of nitrogen functional groups attached to an aromatic ring is 1. The molecule has 3 aromatic heterocycles. The molecule has 0 unspecified atom stereocenters. The lowest BCUT2D eigenvalue weighted by molar-refractivity contribution is 0.102. The van der Waals surface area contributed by atoms with E-state index in [0.717, 1.165) is 16.6 Å². The topological polar surface area (TPSA) is 115 Å². The van der Waals surface area contributed by atoms with Crippen molar-refractivity contribution in [2.75, 3.05) is 11.1 Å². The summed E-state index contributed by atoms with van der Waals surface area (Å²) < 4.78 is 20.6. The van der Waals surface area contributed by atoms with Crippen molar-refractivity contribution in [1.29, 1.82) is 0 Å². The van der Waals surface area contributed by atoms with E-state index in [9.17, 15) is 14.0 Å². The standard InChI is InChI=1S/C26H20FN5O3/c1-15-12-18(4-7-22(15)35-23-9-11-30-24-20(23)8-10-29-24)31-25(33)21-13-17(28)14-32(26(21)34)19-5-2-16(27)3-6-19/h2-14H,28H2,1H3,(H,29,30)(H,31,33). The second-order valence-corrected chi connectivity index (χ2v) is 7.92. The van der Waals surface area contributed by atoms with Gasteiger partial charge in [0.1, 0.15) is 28.5 Å². The Morgan fingerprint density at radius 3 is 2.66 bits per heavy atom. The van der Waals surface area contributed by atoms with Gasteiger partial charge in [0, 0.05) is 35.7 Å². The second-order valence-electron chi connectivity index (χ2n) is 7.92. The summed E-state index contributed by atoms with van der Waals surface area (Å²) in [6.45, 7) is 1.85. The zero-order valence-corrected chi connectivity index (χ0v) is 18.6. The molecule has 174 valence electrons. The van der Waals surface area contributed by atoms with Gasteiger partial charge in [-0.3, -0.25) is 14.2 Å². The number of carbonyl (C=O) groups excluding carboxylic acids is 1. The van der Waals surface area contributed by atoms with E-state index in [1.165, 1.54) is 41.1 Å². The van der Waals surface area contributed by atoms with Gasteiger partial charge in [0.25, 0.3) is 11.5 Å². The van der Waals surface area contributed by atoms with E-state index in [0.29, 0.717) is 22.9 Å². The number of aryl methyl sites for hydroxylation is 1. The van der Waals surface area contributed by atoms with Crippen molar-refractivity contribution < 1.29 is 13.9 Å². The molecule has 2 aromatic carbocycles. The molecule has 0 aliphatic rings. The van der Waals surface area contributed by atoms with Gasteiger partial charge in [-0.15, -0.1) is 0 Å². The Labute approximate surface area is 198 Å². The maximum absolute atomic E-state index is 13.3. The largest absolute Gasteiger partial charge is 0.456 e. The molecule has 35 heavy (non-hydrogen) atoms. The summed E-state index contributed by atoms with van der Waals surface area (Å²) in [5.74, 6) is 0.207. The number of ether oxygens (including phenoxy) is 1. The average molecular weight is 469 g/mol. The number of nitrogens with two attached hydrogens (primary N) is 1. The number of carbonyl (C=O) groups is 1. The first-order chi connectivity index (χ1) is 16.9. The maximum atomic E-state index is 13.3. The number of H-pyrrole nitrogens is 1. The number of aromatic nitrogens is 3. The van der Waals surface area contributed by atoms with E-state index in [1.807, 2.05) is 13.0 Å². The van der Waals surface area contributed by atoms with Gasteiger partial charge in [-0.25, -0.2) is 9.37 Å². The number of rotatable bonds is 5. The number of nitrogens with zero attached hydrogens (tertiary/aromatic N) is 2. The number of hydrogen-bond acceptors (Lipinski definition) is 5.